The molecule has 22 heavy (non-hydrogen) atoms. The summed E-state index contributed by atoms with van der Waals surface area (Å²) in [7, 11) is 0. The standard InChI is InChI=1S/C17H25NO4/c1-10-7-5-6-8-15(10)18-16(19)13(4)22-17(20)14-9-11(2)21-12(14)3/h9-10,13,15H,5-8H2,1-4H3,(H,18,19)/t10-,13-,15+/m1/s1. The molecule has 1 aliphatic carbocycles. The normalized spacial score (nSPS) is 22.9. The smallest absolute Gasteiger partial charge is 0.342 e. The number of rotatable bonds is 4. The van der Waals surface area contributed by atoms with Gasteiger partial charge in [0.15, 0.2) is 6.10 Å². The van der Waals surface area contributed by atoms with Gasteiger partial charge in [0, 0.05) is 6.04 Å². The Labute approximate surface area is 131 Å². The molecular formula is C17H25NO4. The molecule has 1 aliphatic rings. The lowest BCUT2D eigenvalue weighted by Crippen LogP contribution is -2.46. The molecule has 1 N–H and O–H groups in total. The van der Waals surface area contributed by atoms with Crippen molar-refractivity contribution in [1.82, 2.24) is 5.32 Å². The van der Waals surface area contributed by atoms with E-state index in [4.69, 9.17) is 9.15 Å². The van der Waals surface area contributed by atoms with E-state index in [9.17, 15) is 9.59 Å². The molecule has 0 radical (unpaired) electrons. The fourth-order valence-electron chi connectivity index (χ4n) is 2.94. The van der Waals surface area contributed by atoms with Gasteiger partial charge in [0.05, 0.1) is 0 Å². The van der Waals surface area contributed by atoms with Crippen LogP contribution in [0.3, 0.4) is 0 Å². The van der Waals surface area contributed by atoms with Crippen LogP contribution in [0.4, 0.5) is 0 Å². The van der Waals surface area contributed by atoms with Crippen molar-refractivity contribution < 1.29 is 18.7 Å². The second-order valence-corrected chi connectivity index (χ2v) is 6.25. The maximum absolute atomic E-state index is 12.2. The predicted octanol–water partition coefficient (Wildman–Crippen LogP) is 3.14. The van der Waals surface area contributed by atoms with Crippen molar-refractivity contribution in [1.29, 1.82) is 0 Å². The minimum Gasteiger partial charge on any atom is -0.466 e. The summed E-state index contributed by atoms with van der Waals surface area (Å²) in [5.41, 5.74) is 0.378. The van der Waals surface area contributed by atoms with Crippen molar-refractivity contribution >= 4 is 11.9 Å². The van der Waals surface area contributed by atoms with Crippen LogP contribution in [0.1, 0.15) is 61.4 Å². The highest BCUT2D eigenvalue weighted by Gasteiger charge is 2.27. The number of ether oxygens (including phenoxy) is 1. The van der Waals surface area contributed by atoms with Crippen molar-refractivity contribution in [3.05, 3.63) is 23.2 Å². The van der Waals surface area contributed by atoms with Crippen LogP contribution in [0.15, 0.2) is 10.5 Å². The molecule has 1 fully saturated rings. The molecule has 3 atom stereocenters. The minimum absolute atomic E-state index is 0.181. The summed E-state index contributed by atoms with van der Waals surface area (Å²) in [4.78, 5) is 24.3. The van der Waals surface area contributed by atoms with E-state index in [2.05, 4.69) is 12.2 Å². The Kier molecular flexibility index (Phi) is 5.27. The summed E-state index contributed by atoms with van der Waals surface area (Å²) in [5, 5.41) is 3.01. The predicted molar refractivity (Wildman–Crippen MR) is 82.6 cm³/mol. The number of carbonyl (C=O) groups excluding carboxylic acids is 2. The van der Waals surface area contributed by atoms with Gasteiger partial charge >= 0.3 is 5.97 Å². The van der Waals surface area contributed by atoms with Crippen LogP contribution in [0.2, 0.25) is 0 Å². The summed E-state index contributed by atoms with van der Waals surface area (Å²) < 4.78 is 10.6. The molecular weight excluding hydrogens is 282 g/mol. The number of hydrogen-bond donors (Lipinski definition) is 1. The molecule has 5 nitrogen and oxygen atoms in total. The number of furan rings is 1. The van der Waals surface area contributed by atoms with Gasteiger partial charge in [-0.05, 0) is 45.6 Å². The minimum atomic E-state index is -0.809. The Morgan fingerprint density at radius 2 is 2.00 bits per heavy atom. The largest absolute Gasteiger partial charge is 0.466 e. The lowest BCUT2D eigenvalue weighted by molar-refractivity contribution is -0.130. The summed E-state index contributed by atoms with van der Waals surface area (Å²) in [6, 6.07) is 1.81. The van der Waals surface area contributed by atoms with Crippen LogP contribution in [-0.2, 0) is 9.53 Å². The number of carbonyl (C=O) groups is 2. The second kappa shape index (κ2) is 6.99. The van der Waals surface area contributed by atoms with Crippen molar-refractivity contribution in [2.45, 2.75) is 65.5 Å². The maximum atomic E-state index is 12.2. The lowest BCUT2D eigenvalue weighted by Gasteiger charge is -2.30. The molecule has 1 saturated carbocycles. The van der Waals surface area contributed by atoms with Crippen LogP contribution in [0.25, 0.3) is 0 Å². The van der Waals surface area contributed by atoms with Crippen molar-refractivity contribution in [3.63, 3.8) is 0 Å². The first-order valence-corrected chi connectivity index (χ1v) is 7.97. The molecule has 0 aliphatic heterocycles. The Morgan fingerprint density at radius 1 is 1.32 bits per heavy atom. The summed E-state index contributed by atoms with van der Waals surface area (Å²) in [6.45, 7) is 7.23. The molecule has 2 rings (SSSR count). The monoisotopic (exact) mass is 307 g/mol. The average Bonchev–Trinajstić information content (AvgIpc) is 2.80. The third-order valence-corrected chi connectivity index (χ3v) is 4.35. The quantitative estimate of drug-likeness (QED) is 0.868. The highest BCUT2D eigenvalue weighted by molar-refractivity contribution is 5.93. The van der Waals surface area contributed by atoms with E-state index >= 15 is 0 Å². The van der Waals surface area contributed by atoms with Gasteiger partial charge in [-0.1, -0.05) is 19.8 Å². The van der Waals surface area contributed by atoms with Crippen LogP contribution >= 0.6 is 0 Å². The van der Waals surface area contributed by atoms with Gasteiger partial charge in [-0.2, -0.15) is 0 Å². The molecule has 1 aromatic rings. The molecule has 0 unspecified atom stereocenters. The zero-order valence-corrected chi connectivity index (χ0v) is 13.8. The number of aryl methyl sites for hydroxylation is 2. The number of nitrogens with one attached hydrogen (secondary N) is 1. The van der Waals surface area contributed by atoms with E-state index in [-0.39, 0.29) is 11.9 Å². The highest BCUT2D eigenvalue weighted by Crippen LogP contribution is 2.24. The van der Waals surface area contributed by atoms with E-state index in [1.807, 2.05) is 0 Å². The molecule has 1 amide bonds. The van der Waals surface area contributed by atoms with Crippen LogP contribution in [-0.4, -0.2) is 24.0 Å². The second-order valence-electron chi connectivity index (χ2n) is 6.25. The van der Waals surface area contributed by atoms with E-state index in [1.165, 1.54) is 6.42 Å². The van der Waals surface area contributed by atoms with Gasteiger partial charge < -0.3 is 14.5 Å². The number of esters is 1. The Morgan fingerprint density at radius 3 is 2.59 bits per heavy atom. The highest BCUT2D eigenvalue weighted by atomic mass is 16.5. The van der Waals surface area contributed by atoms with Crippen molar-refractivity contribution in [2.24, 2.45) is 5.92 Å². The Bertz CT molecular complexity index is 549. The lowest BCUT2D eigenvalue weighted by atomic mass is 9.86. The Balaban J connectivity index is 1.90. The van der Waals surface area contributed by atoms with Gasteiger partial charge in [0.1, 0.15) is 17.1 Å². The zero-order valence-electron chi connectivity index (χ0n) is 13.8. The molecule has 1 aromatic heterocycles. The molecule has 5 heteroatoms. The van der Waals surface area contributed by atoms with Crippen LogP contribution < -0.4 is 5.32 Å². The van der Waals surface area contributed by atoms with E-state index in [0.717, 1.165) is 19.3 Å². The SMILES string of the molecule is Cc1cc(C(=O)O[C@H](C)C(=O)N[C@H]2CCCC[C@H]2C)c(C)o1. The number of amides is 1. The third kappa shape index (κ3) is 3.90. The van der Waals surface area contributed by atoms with E-state index in [1.54, 1.807) is 26.8 Å². The van der Waals surface area contributed by atoms with Crippen molar-refractivity contribution in [3.8, 4) is 0 Å². The maximum Gasteiger partial charge on any atom is 0.342 e. The third-order valence-electron chi connectivity index (χ3n) is 4.35. The molecule has 0 saturated heterocycles. The van der Waals surface area contributed by atoms with Gasteiger partial charge in [-0.25, -0.2) is 4.79 Å². The van der Waals surface area contributed by atoms with Gasteiger partial charge in [0.2, 0.25) is 0 Å². The van der Waals surface area contributed by atoms with Crippen LogP contribution in [0, 0.1) is 19.8 Å². The van der Waals surface area contributed by atoms with E-state index in [0.29, 0.717) is 23.0 Å². The average molecular weight is 307 g/mol. The van der Waals surface area contributed by atoms with Gasteiger partial charge in [-0.3, -0.25) is 4.79 Å². The molecule has 1 heterocycles. The van der Waals surface area contributed by atoms with Gasteiger partial charge in [0.25, 0.3) is 5.91 Å². The first-order valence-electron chi connectivity index (χ1n) is 7.97. The topological polar surface area (TPSA) is 68.5 Å². The summed E-state index contributed by atoms with van der Waals surface area (Å²) in [6.07, 6.45) is 3.67. The molecule has 0 spiro atoms. The van der Waals surface area contributed by atoms with Crippen LogP contribution in [0.5, 0.6) is 0 Å². The molecule has 0 aromatic carbocycles. The first kappa shape index (κ1) is 16.6. The zero-order chi connectivity index (χ0) is 16.3. The summed E-state index contributed by atoms with van der Waals surface area (Å²) in [5.74, 6) is 0.881. The molecule has 0 bridgehead atoms. The Hall–Kier alpha value is -1.78. The molecule has 122 valence electrons. The first-order chi connectivity index (χ1) is 10.4. The summed E-state index contributed by atoms with van der Waals surface area (Å²) >= 11 is 0. The number of hydrogen-bond acceptors (Lipinski definition) is 4. The van der Waals surface area contributed by atoms with Crippen molar-refractivity contribution in [2.75, 3.05) is 0 Å². The van der Waals surface area contributed by atoms with E-state index < -0.39 is 12.1 Å². The fraction of sp³-hybridized carbons (Fsp3) is 0.647. The fourth-order valence-corrected chi connectivity index (χ4v) is 2.94. The van der Waals surface area contributed by atoms with Gasteiger partial charge in [-0.15, -0.1) is 0 Å².